The predicted molar refractivity (Wildman–Crippen MR) is 67.5 cm³/mol. The Morgan fingerprint density at radius 2 is 2.06 bits per heavy atom. The van der Waals surface area contributed by atoms with E-state index in [9.17, 15) is 0 Å². The van der Waals surface area contributed by atoms with Gasteiger partial charge in [-0.25, -0.2) is 0 Å². The first-order chi connectivity index (χ1) is 8.33. The second kappa shape index (κ2) is 7.92. The van der Waals surface area contributed by atoms with Crippen molar-refractivity contribution in [1.82, 2.24) is 5.32 Å². The van der Waals surface area contributed by atoms with Crippen molar-refractivity contribution in [3.05, 3.63) is 23.8 Å². The van der Waals surface area contributed by atoms with E-state index < -0.39 is 0 Å². The second-order valence-corrected chi connectivity index (χ2v) is 3.48. The Morgan fingerprint density at radius 1 is 1.24 bits per heavy atom. The van der Waals surface area contributed by atoms with Crippen LogP contribution in [0.5, 0.6) is 11.5 Å². The first kappa shape index (κ1) is 13.8. The molecule has 4 nitrogen and oxygen atoms in total. The minimum Gasteiger partial charge on any atom is -0.493 e. The Labute approximate surface area is 103 Å². The van der Waals surface area contributed by atoms with Gasteiger partial charge in [-0.15, -0.1) is 0 Å². The fourth-order valence-corrected chi connectivity index (χ4v) is 1.47. The molecule has 0 fully saturated rings. The standard InChI is InChI=1S/C13H21NO3/c1-4-14-9-11-7-6-8-12(15-3)13(11)17-10-16-5-2/h6-8,14H,4-5,9-10H2,1-3H3. The van der Waals surface area contributed by atoms with E-state index in [2.05, 4.69) is 12.2 Å². The van der Waals surface area contributed by atoms with E-state index >= 15 is 0 Å². The van der Waals surface area contributed by atoms with E-state index in [1.807, 2.05) is 25.1 Å². The molecule has 1 rings (SSSR count). The molecule has 0 saturated carbocycles. The van der Waals surface area contributed by atoms with Crippen LogP contribution in [0.25, 0.3) is 0 Å². The van der Waals surface area contributed by atoms with Gasteiger partial charge < -0.3 is 19.5 Å². The molecule has 0 aliphatic carbocycles. The first-order valence-corrected chi connectivity index (χ1v) is 5.90. The predicted octanol–water partition coefficient (Wildman–Crippen LogP) is 2.18. The van der Waals surface area contributed by atoms with Crippen LogP contribution in [0, 0.1) is 0 Å². The van der Waals surface area contributed by atoms with Crippen molar-refractivity contribution in [3.63, 3.8) is 0 Å². The molecule has 0 atom stereocenters. The molecule has 0 amide bonds. The first-order valence-electron chi connectivity index (χ1n) is 5.90. The van der Waals surface area contributed by atoms with Gasteiger partial charge in [0.1, 0.15) is 0 Å². The highest BCUT2D eigenvalue weighted by Crippen LogP contribution is 2.30. The summed E-state index contributed by atoms with van der Waals surface area (Å²) in [6.07, 6.45) is 0. The Balaban J connectivity index is 2.78. The SMILES string of the molecule is CCNCc1cccc(OC)c1OCOCC. The summed E-state index contributed by atoms with van der Waals surface area (Å²) in [5.41, 5.74) is 1.07. The molecular formula is C13H21NO3. The van der Waals surface area contributed by atoms with Gasteiger partial charge in [0.2, 0.25) is 0 Å². The third-order valence-electron chi connectivity index (χ3n) is 2.34. The fraction of sp³-hybridized carbons (Fsp3) is 0.538. The van der Waals surface area contributed by atoms with Crippen molar-refractivity contribution in [2.24, 2.45) is 0 Å². The highest BCUT2D eigenvalue weighted by molar-refractivity contribution is 5.46. The van der Waals surface area contributed by atoms with E-state index in [0.717, 1.165) is 30.2 Å². The van der Waals surface area contributed by atoms with Crippen molar-refractivity contribution in [2.45, 2.75) is 20.4 Å². The van der Waals surface area contributed by atoms with Crippen molar-refractivity contribution in [3.8, 4) is 11.5 Å². The maximum atomic E-state index is 5.61. The van der Waals surface area contributed by atoms with Crippen LogP contribution in [0.15, 0.2) is 18.2 Å². The number of para-hydroxylation sites is 1. The maximum absolute atomic E-state index is 5.61. The summed E-state index contributed by atoms with van der Waals surface area (Å²) >= 11 is 0. The van der Waals surface area contributed by atoms with Gasteiger partial charge in [0.05, 0.1) is 7.11 Å². The van der Waals surface area contributed by atoms with Gasteiger partial charge >= 0.3 is 0 Å². The molecule has 0 aliphatic rings. The van der Waals surface area contributed by atoms with Crippen molar-refractivity contribution >= 4 is 0 Å². The molecule has 1 aromatic carbocycles. The number of methoxy groups -OCH3 is 1. The molecule has 1 N–H and O–H groups in total. The second-order valence-electron chi connectivity index (χ2n) is 3.48. The van der Waals surface area contributed by atoms with Crippen LogP contribution >= 0.6 is 0 Å². The molecule has 0 bridgehead atoms. The molecule has 1 aromatic rings. The monoisotopic (exact) mass is 239 g/mol. The molecule has 0 spiro atoms. The number of rotatable bonds is 8. The van der Waals surface area contributed by atoms with E-state index in [4.69, 9.17) is 14.2 Å². The van der Waals surface area contributed by atoms with Gasteiger partial charge in [0.15, 0.2) is 18.3 Å². The summed E-state index contributed by atoms with van der Waals surface area (Å²) in [7, 11) is 1.64. The summed E-state index contributed by atoms with van der Waals surface area (Å²) in [5.74, 6) is 1.49. The molecule has 0 radical (unpaired) electrons. The fourth-order valence-electron chi connectivity index (χ4n) is 1.47. The number of hydrogen-bond acceptors (Lipinski definition) is 4. The largest absolute Gasteiger partial charge is 0.493 e. The lowest BCUT2D eigenvalue weighted by molar-refractivity contribution is 0.0202. The molecule has 0 aromatic heterocycles. The highest BCUT2D eigenvalue weighted by atomic mass is 16.7. The van der Waals surface area contributed by atoms with E-state index in [1.54, 1.807) is 7.11 Å². The Morgan fingerprint density at radius 3 is 2.71 bits per heavy atom. The Bertz CT molecular complexity index is 328. The summed E-state index contributed by atoms with van der Waals surface area (Å²) in [4.78, 5) is 0. The zero-order valence-corrected chi connectivity index (χ0v) is 10.8. The van der Waals surface area contributed by atoms with Crippen LogP contribution in [0.4, 0.5) is 0 Å². The zero-order chi connectivity index (χ0) is 12.5. The molecule has 0 saturated heterocycles. The van der Waals surface area contributed by atoms with Crippen LogP contribution in [-0.2, 0) is 11.3 Å². The lowest BCUT2D eigenvalue weighted by Gasteiger charge is -2.15. The topological polar surface area (TPSA) is 39.7 Å². The molecule has 96 valence electrons. The van der Waals surface area contributed by atoms with Crippen molar-refractivity contribution < 1.29 is 14.2 Å². The summed E-state index contributed by atoms with van der Waals surface area (Å²) in [6, 6.07) is 5.86. The number of nitrogens with one attached hydrogen (secondary N) is 1. The summed E-state index contributed by atoms with van der Waals surface area (Å²) in [5, 5.41) is 3.27. The average molecular weight is 239 g/mol. The van der Waals surface area contributed by atoms with E-state index in [-0.39, 0.29) is 6.79 Å². The number of ether oxygens (including phenoxy) is 3. The zero-order valence-electron chi connectivity index (χ0n) is 10.8. The van der Waals surface area contributed by atoms with Gasteiger partial charge in [-0.05, 0) is 19.5 Å². The highest BCUT2D eigenvalue weighted by Gasteiger charge is 2.09. The lowest BCUT2D eigenvalue weighted by Crippen LogP contribution is -2.14. The van der Waals surface area contributed by atoms with Crippen molar-refractivity contribution in [1.29, 1.82) is 0 Å². The molecule has 0 aliphatic heterocycles. The Kier molecular flexibility index (Phi) is 6.43. The van der Waals surface area contributed by atoms with Crippen LogP contribution < -0.4 is 14.8 Å². The summed E-state index contributed by atoms with van der Waals surface area (Å²) < 4.78 is 16.1. The van der Waals surface area contributed by atoms with Gasteiger partial charge in [-0.3, -0.25) is 0 Å². The number of benzene rings is 1. The van der Waals surface area contributed by atoms with E-state index in [0.29, 0.717) is 6.61 Å². The molecule has 0 heterocycles. The van der Waals surface area contributed by atoms with Gasteiger partial charge in [-0.2, -0.15) is 0 Å². The van der Waals surface area contributed by atoms with Crippen LogP contribution in [0.3, 0.4) is 0 Å². The maximum Gasteiger partial charge on any atom is 0.189 e. The third-order valence-corrected chi connectivity index (χ3v) is 2.34. The van der Waals surface area contributed by atoms with Gasteiger partial charge in [0.25, 0.3) is 0 Å². The van der Waals surface area contributed by atoms with Gasteiger partial charge in [0, 0.05) is 18.7 Å². The van der Waals surface area contributed by atoms with E-state index in [1.165, 1.54) is 0 Å². The Hall–Kier alpha value is -1.26. The third kappa shape index (κ3) is 4.24. The molecule has 0 unspecified atom stereocenters. The molecule has 17 heavy (non-hydrogen) atoms. The minimum atomic E-state index is 0.246. The van der Waals surface area contributed by atoms with Crippen molar-refractivity contribution in [2.75, 3.05) is 27.1 Å². The number of hydrogen-bond donors (Lipinski definition) is 1. The molecular weight excluding hydrogens is 218 g/mol. The van der Waals surface area contributed by atoms with Crippen LogP contribution in [0.1, 0.15) is 19.4 Å². The van der Waals surface area contributed by atoms with Crippen LogP contribution in [-0.4, -0.2) is 27.1 Å². The quantitative estimate of drug-likeness (QED) is 0.557. The smallest absolute Gasteiger partial charge is 0.189 e. The minimum absolute atomic E-state index is 0.246. The molecule has 4 heteroatoms. The normalized spacial score (nSPS) is 10.3. The van der Waals surface area contributed by atoms with Crippen LogP contribution in [0.2, 0.25) is 0 Å². The summed E-state index contributed by atoms with van der Waals surface area (Å²) in [6.45, 7) is 6.57. The lowest BCUT2D eigenvalue weighted by atomic mass is 10.2. The average Bonchev–Trinajstić information content (AvgIpc) is 2.37. The van der Waals surface area contributed by atoms with Gasteiger partial charge in [-0.1, -0.05) is 19.1 Å².